The summed E-state index contributed by atoms with van der Waals surface area (Å²) in [6.07, 6.45) is 0. The lowest BCUT2D eigenvalue weighted by Gasteiger charge is -2.14. The molecule has 0 fully saturated rings. The summed E-state index contributed by atoms with van der Waals surface area (Å²) in [5.74, 6) is 0.247. The standard InChI is InChI=1S/C16H17ClN2O2/c1-9-3-6-14(18)10(2)15(9)21-8-12-5-4-11(16(19)20)7-13(12)17/h3-7H,8,18H2,1-2H3,(H2,19,20). The van der Waals surface area contributed by atoms with Crippen molar-refractivity contribution in [3.05, 3.63) is 57.6 Å². The van der Waals surface area contributed by atoms with Crippen LogP contribution in [-0.2, 0) is 6.61 Å². The fourth-order valence-corrected chi connectivity index (χ4v) is 2.27. The summed E-state index contributed by atoms with van der Waals surface area (Å²) in [6.45, 7) is 4.16. The molecule has 0 aliphatic rings. The molecule has 2 rings (SSSR count). The van der Waals surface area contributed by atoms with Gasteiger partial charge < -0.3 is 16.2 Å². The van der Waals surface area contributed by atoms with E-state index in [0.717, 1.165) is 22.4 Å². The second-order valence-corrected chi connectivity index (χ2v) is 5.29. The van der Waals surface area contributed by atoms with E-state index in [0.29, 0.717) is 22.9 Å². The largest absolute Gasteiger partial charge is 0.488 e. The molecule has 0 saturated heterocycles. The van der Waals surface area contributed by atoms with Crippen LogP contribution in [0.1, 0.15) is 27.0 Å². The Bertz CT molecular complexity index is 699. The van der Waals surface area contributed by atoms with E-state index in [2.05, 4.69) is 0 Å². The van der Waals surface area contributed by atoms with Crippen molar-refractivity contribution in [3.8, 4) is 5.75 Å². The average Bonchev–Trinajstić information content (AvgIpc) is 2.44. The number of nitrogens with two attached hydrogens (primary N) is 2. The summed E-state index contributed by atoms with van der Waals surface area (Å²) in [7, 11) is 0. The summed E-state index contributed by atoms with van der Waals surface area (Å²) >= 11 is 6.14. The summed E-state index contributed by atoms with van der Waals surface area (Å²) in [4.78, 5) is 11.1. The second kappa shape index (κ2) is 6.06. The third-order valence-corrected chi connectivity index (χ3v) is 3.71. The van der Waals surface area contributed by atoms with Crippen LogP contribution in [0.25, 0.3) is 0 Å². The molecule has 0 atom stereocenters. The molecular formula is C16H17ClN2O2. The molecule has 0 radical (unpaired) electrons. The quantitative estimate of drug-likeness (QED) is 0.851. The van der Waals surface area contributed by atoms with Gasteiger partial charge in [0.1, 0.15) is 12.4 Å². The number of carbonyl (C=O) groups excluding carboxylic acids is 1. The topological polar surface area (TPSA) is 78.3 Å². The van der Waals surface area contributed by atoms with Crippen LogP contribution >= 0.6 is 11.6 Å². The summed E-state index contributed by atoms with van der Waals surface area (Å²) < 4.78 is 5.84. The van der Waals surface area contributed by atoms with Gasteiger partial charge in [0.05, 0.1) is 0 Å². The van der Waals surface area contributed by atoms with Crippen LogP contribution in [0, 0.1) is 13.8 Å². The van der Waals surface area contributed by atoms with E-state index in [9.17, 15) is 4.79 Å². The van der Waals surface area contributed by atoms with E-state index in [-0.39, 0.29) is 0 Å². The van der Waals surface area contributed by atoms with Gasteiger partial charge in [0.25, 0.3) is 0 Å². The molecule has 2 aromatic rings. The summed E-state index contributed by atoms with van der Waals surface area (Å²) in [6, 6.07) is 8.68. The number of nitrogen functional groups attached to an aromatic ring is 1. The SMILES string of the molecule is Cc1ccc(N)c(C)c1OCc1ccc(C(N)=O)cc1Cl. The summed E-state index contributed by atoms with van der Waals surface area (Å²) in [5, 5.41) is 0.450. The molecule has 4 nitrogen and oxygen atoms in total. The number of anilines is 1. The van der Waals surface area contributed by atoms with Gasteiger partial charge in [-0.15, -0.1) is 0 Å². The molecule has 0 heterocycles. The molecule has 0 aliphatic heterocycles. The number of carbonyl (C=O) groups is 1. The molecule has 21 heavy (non-hydrogen) atoms. The number of ether oxygens (including phenoxy) is 1. The van der Waals surface area contributed by atoms with E-state index in [4.69, 9.17) is 27.8 Å². The Kier molecular flexibility index (Phi) is 4.38. The van der Waals surface area contributed by atoms with Crippen LogP contribution in [0.2, 0.25) is 5.02 Å². The van der Waals surface area contributed by atoms with Gasteiger partial charge in [-0.3, -0.25) is 4.79 Å². The van der Waals surface area contributed by atoms with Crippen LogP contribution in [0.15, 0.2) is 30.3 Å². The van der Waals surface area contributed by atoms with Gasteiger partial charge in [0.15, 0.2) is 0 Å². The highest BCUT2D eigenvalue weighted by Gasteiger charge is 2.10. The van der Waals surface area contributed by atoms with Crippen LogP contribution in [0.3, 0.4) is 0 Å². The molecule has 2 aromatic carbocycles. The molecule has 0 aliphatic carbocycles. The Labute approximate surface area is 128 Å². The highest BCUT2D eigenvalue weighted by Crippen LogP contribution is 2.29. The van der Waals surface area contributed by atoms with Crippen molar-refractivity contribution in [2.75, 3.05) is 5.73 Å². The van der Waals surface area contributed by atoms with Gasteiger partial charge in [-0.05, 0) is 37.6 Å². The van der Waals surface area contributed by atoms with Gasteiger partial charge >= 0.3 is 0 Å². The number of primary amides is 1. The molecule has 0 bridgehead atoms. The molecule has 1 amide bonds. The van der Waals surface area contributed by atoms with Crippen molar-refractivity contribution in [2.24, 2.45) is 5.73 Å². The van der Waals surface area contributed by atoms with Gasteiger partial charge in [-0.2, -0.15) is 0 Å². The van der Waals surface area contributed by atoms with Crippen molar-refractivity contribution in [3.63, 3.8) is 0 Å². The van der Waals surface area contributed by atoms with Crippen LogP contribution in [-0.4, -0.2) is 5.91 Å². The predicted molar refractivity (Wildman–Crippen MR) is 84.6 cm³/mol. The maximum Gasteiger partial charge on any atom is 0.248 e. The molecular weight excluding hydrogens is 288 g/mol. The van der Waals surface area contributed by atoms with Crippen molar-refractivity contribution >= 4 is 23.2 Å². The van der Waals surface area contributed by atoms with Gasteiger partial charge in [-0.25, -0.2) is 0 Å². The van der Waals surface area contributed by atoms with Crippen molar-refractivity contribution < 1.29 is 9.53 Å². The number of hydrogen-bond donors (Lipinski definition) is 2. The van der Waals surface area contributed by atoms with Crippen LogP contribution in [0.4, 0.5) is 5.69 Å². The minimum absolute atomic E-state index is 0.295. The first kappa shape index (κ1) is 15.2. The van der Waals surface area contributed by atoms with Crippen LogP contribution in [0.5, 0.6) is 5.75 Å². The van der Waals surface area contributed by atoms with E-state index in [1.165, 1.54) is 0 Å². The second-order valence-electron chi connectivity index (χ2n) is 4.88. The molecule has 0 unspecified atom stereocenters. The third kappa shape index (κ3) is 3.28. The zero-order valence-electron chi connectivity index (χ0n) is 11.9. The molecule has 0 spiro atoms. The minimum Gasteiger partial charge on any atom is -0.488 e. The van der Waals surface area contributed by atoms with E-state index in [1.807, 2.05) is 26.0 Å². The van der Waals surface area contributed by atoms with Gasteiger partial charge in [0, 0.05) is 27.4 Å². The lowest BCUT2D eigenvalue weighted by molar-refractivity contribution is 0.1000. The number of rotatable bonds is 4. The maximum absolute atomic E-state index is 11.1. The highest BCUT2D eigenvalue weighted by atomic mass is 35.5. The first-order valence-electron chi connectivity index (χ1n) is 6.47. The molecule has 0 saturated carbocycles. The zero-order chi connectivity index (χ0) is 15.6. The Morgan fingerprint density at radius 1 is 1.24 bits per heavy atom. The lowest BCUT2D eigenvalue weighted by atomic mass is 10.1. The number of aryl methyl sites for hydroxylation is 1. The van der Waals surface area contributed by atoms with Gasteiger partial charge in [0.2, 0.25) is 5.91 Å². The zero-order valence-corrected chi connectivity index (χ0v) is 12.7. The Hall–Kier alpha value is -2.20. The molecule has 5 heteroatoms. The Balaban J connectivity index is 2.21. The fourth-order valence-electron chi connectivity index (χ4n) is 2.03. The summed E-state index contributed by atoms with van der Waals surface area (Å²) in [5.41, 5.74) is 14.8. The normalized spacial score (nSPS) is 10.4. The number of hydrogen-bond acceptors (Lipinski definition) is 3. The molecule has 0 aromatic heterocycles. The highest BCUT2D eigenvalue weighted by molar-refractivity contribution is 6.31. The van der Waals surface area contributed by atoms with E-state index < -0.39 is 5.91 Å². The number of amides is 1. The minimum atomic E-state index is -0.508. The number of benzene rings is 2. The number of halogens is 1. The Morgan fingerprint density at radius 3 is 2.57 bits per heavy atom. The molecule has 4 N–H and O–H groups in total. The van der Waals surface area contributed by atoms with Crippen molar-refractivity contribution in [1.82, 2.24) is 0 Å². The smallest absolute Gasteiger partial charge is 0.248 e. The molecule has 110 valence electrons. The lowest BCUT2D eigenvalue weighted by Crippen LogP contribution is -2.11. The van der Waals surface area contributed by atoms with E-state index in [1.54, 1.807) is 18.2 Å². The first-order valence-corrected chi connectivity index (χ1v) is 6.84. The first-order chi connectivity index (χ1) is 9.90. The van der Waals surface area contributed by atoms with Gasteiger partial charge in [-0.1, -0.05) is 23.7 Å². The average molecular weight is 305 g/mol. The monoisotopic (exact) mass is 304 g/mol. The fraction of sp³-hybridized carbons (Fsp3) is 0.188. The third-order valence-electron chi connectivity index (χ3n) is 3.35. The maximum atomic E-state index is 11.1. The Morgan fingerprint density at radius 2 is 1.95 bits per heavy atom. The van der Waals surface area contributed by atoms with Crippen molar-refractivity contribution in [1.29, 1.82) is 0 Å². The van der Waals surface area contributed by atoms with Crippen LogP contribution < -0.4 is 16.2 Å². The van der Waals surface area contributed by atoms with Crippen molar-refractivity contribution in [2.45, 2.75) is 20.5 Å². The predicted octanol–water partition coefficient (Wildman–Crippen LogP) is 3.22. The van der Waals surface area contributed by atoms with E-state index >= 15 is 0 Å².